The van der Waals surface area contributed by atoms with Crippen LogP contribution in [0.3, 0.4) is 0 Å². The molecule has 0 spiro atoms. The fraction of sp³-hybridized carbons (Fsp3) is 0.933. The van der Waals surface area contributed by atoms with Crippen molar-refractivity contribution in [2.75, 3.05) is 19.7 Å². The van der Waals surface area contributed by atoms with E-state index in [4.69, 9.17) is 4.74 Å². The van der Waals surface area contributed by atoms with Crippen molar-refractivity contribution in [1.82, 2.24) is 10.2 Å². The summed E-state index contributed by atoms with van der Waals surface area (Å²) in [6.07, 6.45) is 0. The standard InChI is InChI=1S/C15H32N2O2/c1-8-19-15(18)14(16-12(4)5)10-17(13(6)7)9-11(2)3/h11-14,16H,8-10H2,1-7H3. The summed E-state index contributed by atoms with van der Waals surface area (Å²) in [5.74, 6) is 0.440. The highest BCUT2D eigenvalue weighted by Gasteiger charge is 2.25. The molecule has 0 aliphatic rings. The Morgan fingerprint density at radius 1 is 1.11 bits per heavy atom. The van der Waals surface area contributed by atoms with Crippen LogP contribution in [0.25, 0.3) is 0 Å². The monoisotopic (exact) mass is 272 g/mol. The number of hydrogen-bond donors (Lipinski definition) is 1. The Labute approximate surface area is 118 Å². The molecule has 0 aromatic carbocycles. The molecule has 0 saturated carbocycles. The number of esters is 1. The predicted molar refractivity (Wildman–Crippen MR) is 80.2 cm³/mol. The highest BCUT2D eigenvalue weighted by Crippen LogP contribution is 2.07. The van der Waals surface area contributed by atoms with Gasteiger partial charge in [-0.25, -0.2) is 0 Å². The van der Waals surface area contributed by atoms with Gasteiger partial charge in [-0.3, -0.25) is 9.69 Å². The summed E-state index contributed by atoms with van der Waals surface area (Å²) in [6, 6.07) is 0.442. The predicted octanol–water partition coefficient (Wildman–Crippen LogP) is 2.28. The molecule has 0 aromatic rings. The summed E-state index contributed by atoms with van der Waals surface area (Å²) in [5.41, 5.74) is 0. The van der Waals surface area contributed by atoms with Crippen LogP contribution >= 0.6 is 0 Å². The van der Waals surface area contributed by atoms with E-state index in [1.807, 2.05) is 20.8 Å². The van der Waals surface area contributed by atoms with Crippen molar-refractivity contribution in [3.8, 4) is 0 Å². The van der Waals surface area contributed by atoms with Gasteiger partial charge in [0.25, 0.3) is 0 Å². The first-order valence-electron chi connectivity index (χ1n) is 7.44. The zero-order valence-electron chi connectivity index (χ0n) is 13.7. The van der Waals surface area contributed by atoms with E-state index in [1.54, 1.807) is 0 Å². The second kappa shape index (κ2) is 9.32. The van der Waals surface area contributed by atoms with Gasteiger partial charge in [-0.1, -0.05) is 27.7 Å². The molecule has 1 atom stereocenters. The highest BCUT2D eigenvalue weighted by molar-refractivity contribution is 5.76. The van der Waals surface area contributed by atoms with E-state index >= 15 is 0 Å². The summed E-state index contributed by atoms with van der Waals surface area (Å²) < 4.78 is 5.16. The van der Waals surface area contributed by atoms with Crippen molar-refractivity contribution in [3.63, 3.8) is 0 Å². The molecular formula is C15H32N2O2. The number of ether oxygens (including phenoxy) is 1. The molecule has 0 heterocycles. The molecule has 114 valence electrons. The van der Waals surface area contributed by atoms with Gasteiger partial charge in [-0.15, -0.1) is 0 Å². The van der Waals surface area contributed by atoms with E-state index in [-0.39, 0.29) is 18.1 Å². The van der Waals surface area contributed by atoms with Gasteiger partial charge in [0.2, 0.25) is 0 Å². The van der Waals surface area contributed by atoms with Gasteiger partial charge in [-0.05, 0) is 26.7 Å². The third kappa shape index (κ3) is 8.22. The van der Waals surface area contributed by atoms with E-state index in [0.29, 0.717) is 25.1 Å². The number of nitrogens with one attached hydrogen (secondary N) is 1. The summed E-state index contributed by atoms with van der Waals surface area (Å²) >= 11 is 0. The second-order valence-corrected chi connectivity index (χ2v) is 6.07. The Bertz CT molecular complexity index is 253. The van der Waals surface area contributed by atoms with Crippen molar-refractivity contribution in [1.29, 1.82) is 0 Å². The maximum Gasteiger partial charge on any atom is 0.324 e. The Hall–Kier alpha value is -0.610. The summed E-state index contributed by atoms with van der Waals surface area (Å²) in [6.45, 7) is 16.8. The number of rotatable bonds is 9. The maximum absolute atomic E-state index is 12.0. The van der Waals surface area contributed by atoms with E-state index < -0.39 is 0 Å². The lowest BCUT2D eigenvalue weighted by atomic mass is 10.1. The van der Waals surface area contributed by atoms with Crippen molar-refractivity contribution < 1.29 is 9.53 Å². The smallest absolute Gasteiger partial charge is 0.324 e. The minimum atomic E-state index is -0.249. The average molecular weight is 272 g/mol. The molecule has 0 aliphatic heterocycles. The normalized spacial score (nSPS) is 13.6. The van der Waals surface area contributed by atoms with Crippen LogP contribution in [0.15, 0.2) is 0 Å². The Morgan fingerprint density at radius 3 is 2.05 bits per heavy atom. The minimum Gasteiger partial charge on any atom is -0.465 e. The lowest BCUT2D eigenvalue weighted by molar-refractivity contribution is -0.146. The molecule has 0 radical (unpaired) electrons. The van der Waals surface area contributed by atoms with Gasteiger partial charge in [0, 0.05) is 25.2 Å². The van der Waals surface area contributed by atoms with Crippen LogP contribution in [0.5, 0.6) is 0 Å². The molecule has 0 amide bonds. The third-order valence-electron chi connectivity index (χ3n) is 2.85. The lowest BCUT2D eigenvalue weighted by Crippen LogP contribution is -2.51. The Kier molecular flexibility index (Phi) is 9.02. The molecule has 4 heteroatoms. The van der Waals surface area contributed by atoms with Crippen molar-refractivity contribution in [3.05, 3.63) is 0 Å². The van der Waals surface area contributed by atoms with Gasteiger partial charge in [0.15, 0.2) is 0 Å². The van der Waals surface area contributed by atoms with E-state index in [1.165, 1.54) is 0 Å². The maximum atomic E-state index is 12.0. The van der Waals surface area contributed by atoms with Crippen molar-refractivity contribution in [2.45, 2.75) is 66.6 Å². The van der Waals surface area contributed by atoms with Crippen molar-refractivity contribution in [2.24, 2.45) is 5.92 Å². The number of carbonyl (C=O) groups excluding carboxylic acids is 1. The largest absolute Gasteiger partial charge is 0.465 e. The van der Waals surface area contributed by atoms with E-state index in [0.717, 1.165) is 6.54 Å². The van der Waals surface area contributed by atoms with Crippen molar-refractivity contribution >= 4 is 5.97 Å². The molecule has 0 fully saturated rings. The minimum absolute atomic E-state index is 0.148. The molecule has 0 saturated heterocycles. The van der Waals surface area contributed by atoms with E-state index in [9.17, 15) is 4.79 Å². The quantitative estimate of drug-likeness (QED) is 0.654. The first-order chi connectivity index (χ1) is 8.77. The average Bonchev–Trinajstić information content (AvgIpc) is 2.25. The topological polar surface area (TPSA) is 41.6 Å². The third-order valence-corrected chi connectivity index (χ3v) is 2.85. The summed E-state index contributed by atoms with van der Waals surface area (Å²) in [7, 11) is 0. The molecule has 0 bridgehead atoms. The zero-order chi connectivity index (χ0) is 15.0. The highest BCUT2D eigenvalue weighted by atomic mass is 16.5. The fourth-order valence-electron chi connectivity index (χ4n) is 2.04. The first kappa shape index (κ1) is 18.4. The molecule has 0 rings (SSSR count). The Morgan fingerprint density at radius 2 is 1.68 bits per heavy atom. The van der Waals surface area contributed by atoms with Gasteiger partial charge < -0.3 is 10.1 Å². The Balaban J connectivity index is 4.69. The molecule has 4 nitrogen and oxygen atoms in total. The number of nitrogens with zero attached hydrogens (tertiary/aromatic N) is 1. The van der Waals surface area contributed by atoms with Crippen LogP contribution in [0, 0.1) is 5.92 Å². The molecule has 0 aliphatic carbocycles. The summed E-state index contributed by atoms with van der Waals surface area (Å²) in [5, 5.41) is 3.31. The van der Waals surface area contributed by atoms with Crippen LogP contribution in [-0.2, 0) is 9.53 Å². The first-order valence-corrected chi connectivity index (χ1v) is 7.44. The molecule has 1 unspecified atom stereocenters. The van der Waals surface area contributed by atoms with Gasteiger partial charge in [0.1, 0.15) is 6.04 Å². The van der Waals surface area contributed by atoms with Gasteiger partial charge in [0.05, 0.1) is 6.61 Å². The van der Waals surface area contributed by atoms with Crippen LogP contribution in [0.2, 0.25) is 0 Å². The molecule has 19 heavy (non-hydrogen) atoms. The number of hydrogen-bond acceptors (Lipinski definition) is 4. The van der Waals surface area contributed by atoms with Crippen LogP contribution < -0.4 is 5.32 Å². The molecular weight excluding hydrogens is 240 g/mol. The summed E-state index contributed by atoms with van der Waals surface area (Å²) in [4.78, 5) is 14.3. The van der Waals surface area contributed by atoms with Crippen LogP contribution in [-0.4, -0.2) is 48.7 Å². The lowest BCUT2D eigenvalue weighted by Gasteiger charge is -2.32. The van der Waals surface area contributed by atoms with Crippen LogP contribution in [0.1, 0.15) is 48.5 Å². The SMILES string of the molecule is CCOC(=O)C(CN(CC(C)C)C(C)C)NC(C)C. The molecule has 0 aromatic heterocycles. The van der Waals surface area contributed by atoms with Gasteiger partial charge >= 0.3 is 5.97 Å². The number of carbonyl (C=O) groups is 1. The fourth-order valence-corrected chi connectivity index (χ4v) is 2.04. The molecule has 1 N–H and O–H groups in total. The second-order valence-electron chi connectivity index (χ2n) is 6.07. The zero-order valence-corrected chi connectivity index (χ0v) is 13.7. The van der Waals surface area contributed by atoms with Gasteiger partial charge in [-0.2, -0.15) is 0 Å². The van der Waals surface area contributed by atoms with E-state index in [2.05, 4.69) is 37.9 Å². The van der Waals surface area contributed by atoms with Crippen LogP contribution in [0.4, 0.5) is 0 Å².